The van der Waals surface area contributed by atoms with Crippen molar-refractivity contribution < 1.29 is 23.5 Å². The van der Waals surface area contributed by atoms with Crippen LogP contribution < -0.4 is 15.4 Å². The van der Waals surface area contributed by atoms with Crippen LogP contribution in [0.15, 0.2) is 54.6 Å². The summed E-state index contributed by atoms with van der Waals surface area (Å²) in [7, 11) is 1.55. The molecule has 200 valence electrons. The number of likely N-dealkylation sites (N-methyl/N-ethyl adjacent to an activating group) is 1. The summed E-state index contributed by atoms with van der Waals surface area (Å²) >= 11 is 0. The van der Waals surface area contributed by atoms with E-state index in [2.05, 4.69) is 22.7 Å². The minimum Gasteiger partial charge on any atom is -0.494 e. The number of carbonyl (C=O) groups excluding carboxylic acids is 3. The number of amides is 3. The van der Waals surface area contributed by atoms with Crippen molar-refractivity contribution >= 4 is 17.7 Å². The third-order valence-electron chi connectivity index (χ3n) is 6.73. The molecule has 0 aliphatic carbocycles. The van der Waals surface area contributed by atoms with Crippen molar-refractivity contribution in [3.63, 3.8) is 0 Å². The molecular formula is C28H32FN5O4. The van der Waals surface area contributed by atoms with Crippen molar-refractivity contribution in [1.29, 1.82) is 0 Å². The van der Waals surface area contributed by atoms with Gasteiger partial charge in [-0.2, -0.15) is 5.10 Å². The molecule has 0 saturated carbocycles. The van der Waals surface area contributed by atoms with Crippen LogP contribution >= 0.6 is 0 Å². The lowest BCUT2D eigenvalue weighted by molar-refractivity contribution is -0.132. The molecular weight excluding hydrogens is 489 g/mol. The summed E-state index contributed by atoms with van der Waals surface area (Å²) in [6.07, 6.45) is 2.05. The van der Waals surface area contributed by atoms with Gasteiger partial charge in [-0.1, -0.05) is 37.6 Å². The first-order chi connectivity index (χ1) is 18.2. The summed E-state index contributed by atoms with van der Waals surface area (Å²) in [6, 6.07) is 14.7. The summed E-state index contributed by atoms with van der Waals surface area (Å²) in [5, 5.41) is 9.96. The highest BCUT2D eigenvalue weighted by Crippen LogP contribution is 2.26. The number of ether oxygens (including phenoxy) is 1. The first-order valence-electron chi connectivity index (χ1n) is 12.6. The Hall–Kier alpha value is -4.21. The fraction of sp³-hybridized carbons (Fsp3) is 0.357. The van der Waals surface area contributed by atoms with Gasteiger partial charge in [0.05, 0.1) is 13.2 Å². The molecule has 0 radical (unpaired) electrons. The van der Waals surface area contributed by atoms with Crippen molar-refractivity contribution in [2.45, 2.75) is 51.9 Å². The Morgan fingerprint density at radius 3 is 2.34 bits per heavy atom. The van der Waals surface area contributed by atoms with Gasteiger partial charge in [0.15, 0.2) is 5.69 Å². The van der Waals surface area contributed by atoms with E-state index in [1.54, 1.807) is 26.1 Å². The predicted octanol–water partition coefficient (Wildman–Crippen LogP) is 3.29. The highest BCUT2D eigenvalue weighted by atomic mass is 19.1. The molecule has 2 aromatic carbocycles. The summed E-state index contributed by atoms with van der Waals surface area (Å²) in [5.41, 5.74) is 0.717. The van der Waals surface area contributed by atoms with E-state index in [0.29, 0.717) is 6.61 Å². The van der Waals surface area contributed by atoms with E-state index in [1.807, 2.05) is 24.3 Å². The van der Waals surface area contributed by atoms with E-state index < -0.39 is 17.4 Å². The molecule has 10 heteroatoms. The lowest BCUT2D eigenvalue weighted by Crippen LogP contribution is -2.62. The molecule has 38 heavy (non-hydrogen) atoms. The van der Waals surface area contributed by atoms with Crippen molar-refractivity contribution in [3.05, 3.63) is 82.9 Å². The number of halogens is 1. The topological polar surface area (TPSA) is 106 Å². The van der Waals surface area contributed by atoms with Gasteiger partial charge in [0.2, 0.25) is 5.91 Å². The number of carbonyl (C=O) groups is 3. The first kappa shape index (κ1) is 26.8. The summed E-state index contributed by atoms with van der Waals surface area (Å²) in [6.45, 7) is 4.96. The number of hydrogen-bond donors (Lipinski definition) is 2. The predicted molar refractivity (Wildman–Crippen MR) is 139 cm³/mol. The van der Waals surface area contributed by atoms with Crippen molar-refractivity contribution in [2.24, 2.45) is 0 Å². The Bertz CT molecular complexity index is 1310. The van der Waals surface area contributed by atoms with Crippen LogP contribution in [0.1, 0.15) is 58.8 Å². The van der Waals surface area contributed by atoms with E-state index in [4.69, 9.17) is 4.74 Å². The zero-order valence-corrected chi connectivity index (χ0v) is 21.8. The van der Waals surface area contributed by atoms with Gasteiger partial charge < -0.3 is 20.3 Å². The Balaban J connectivity index is 1.38. The van der Waals surface area contributed by atoms with Gasteiger partial charge in [-0.15, -0.1) is 0 Å². The van der Waals surface area contributed by atoms with Crippen LogP contribution in [0.5, 0.6) is 5.75 Å². The maximum atomic E-state index is 13.2. The number of unbranched alkanes of at least 4 members (excludes halogenated alkanes) is 1. The van der Waals surface area contributed by atoms with Gasteiger partial charge in [-0.25, -0.2) is 4.39 Å². The normalized spacial score (nSPS) is 16.6. The molecule has 1 aliphatic rings. The molecule has 1 atom stereocenters. The third-order valence-corrected chi connectivity index (χ3v) is 6.73. The fourth-order valence-electron chi connectivity index (χ4n) is 4.12. The zero-order valence-electron chi connectivity index (χ0n) is 21.8. The van der Waals surface area contributed by atoms with Crippen LogP contribution in [0, 0.1) is 5.82 Å². The van der Waals surface area contributed by atoms with Gasteiger partial charge in [0.25, 0.3) is 11.8 Å². The molecule has 3 amide bonds. The van der Waals surface area contributed by atoms with Gasteiger partial charge in [0, 0.05) is 26.2 Å². The maximum absolute atomic E-state index is 13.2. The average Bonchev–Trinajstić information content (AvgIpc) is 3.34. The maximum Gasteiger partial charge on any atom is 0.272 e. The number of aromatic nitrogens is 2. The molecule has 1 aromatic heterocycles. The minimum absolute atomic E-state index is 0.0760. The second-order valence-electron chi connectivity index (χ2n) is 9.55. The largest absolute Gasteiger partial charge is 0.494 e. The van der Waals surface area contributed by atoms with Gasteiger partial charge in [-0.05, 0) is 48.7 Å². The monoisotopic (exact) mass is 521 g/mol. The Morgan fingerprint density at radius 1 is 1.05 bits per heavy atom. The lowest BCUT2D eigenvalue weighted by atomic mass is 9.96. The Labute approximate surface area is 221 Å². The lowest BCUT2D eigenvalue weighted by Gasteiger charge is -2.40. The van der Waals surface area contributed by atoms with Crippen LogP contribution in [0.3, 0.4) is 0 Å². The molecule has 2 heterocycles. The Morgan fingerprint density at radius 2 is 1.68 bits per heavy atom. The molecule has 0 unspecified atom stereocenters. The van der Waals surface area contributed by atoms with E-state index in [1.165, 1.54) is 27.8 Å². The SMILES string of the molecule is CCCCOc1ccc(CNC(=O)c2cc3n(n2)C[C@@](C)(C(=O)NCc2ccc(F)cc2)N(C)C3=O)cc1. The second kappa shape index (κ2) is 11.5. The zero-order chi connectivity index (χ0) is 27.3. The number of nitrogens with zero attached hydrogens (tertiary/aromatic N) is 3. The third kappa shape index (κ3) is 5.85. The van der Waals surface area contributed by atoms with Crippen LogP contribution in [-0.2, 0) is 24.4 Å². The van der Waals surface area contributed by atoms with Gasteiger partial charge in [-0.3, -0.25) is 19.1 Å². The summed E-state index contributed by atoms with van der Waals surface area (Å²) in [5.74, 6) is -0.801. The highest BCUT2D eigenvalue weighted by Gasteiger charge is 2.46. The Kier molecular flexibility index (Phi) is 8.09. The number of fused-ring (bicyclic) bond motifs is 1. The number of nitrogens with one attached hydrogen (secondary N) is 2. The number of benzene rings is 2. The summed E-state index contributed by atoms with van der Waals surface area (Å²) < 4.78 is 20.2. The average molecular weight is 522 g/mol. The van der Waals surface area contributed by atoms with Gasteiger partial charge in [0.1, 0.15) is 22.8 Å². The molecule has 0 fully saturated rings. The van der Waals surface area contributed by atoms with Crippen molar-refractivity contribution in [2.75, 3.05) is 13.7 Å². The first-order valence-corrected chi connectivity index (χ1v) is 12.6. The van der Waals surface area contributed by atoms with Crippen LogP contribution in [0.25, 0.3) is 0 Å². The molecule has 3 aromatic rings. The highest BCUT2D eigenvalue weighted by molar-refractivity contribution is 6.01. The molecule has 0 saturated heterocycles. The molecule has 0 spiro atoms. The molecule has 9 nitrogen and oxygen atoms in total. The van der Waals surface area contributed by atoms with E-state index in [-0.39, 0.29) is 42.7 Å². The van der Waals surface area contributed by atoms with E-state index in [0.717, 1.165) is 29.7 Å². The van der Waals surface area contributed by atoms with Crippen LogP contribution in [0.2, 0.25) is 0 Å². The van der Waals surface area contributed by atoms with Gasteiger partial charge >= 0.3 is 0 Å². The quantitative estimate of drug-likeness (QED) is 0.399. The fourth-order valence-corrected chi connectivity index (χ4v) is 4.12. The molecule has 1 aliphatic heterocycles. The van der Waals surface area contributed by atoms with Crippen molar-refractivity contribution in [1.82, 2.24) is 25.3 Å². The number of hydrogen-bond acceptors (Lipinski definition) is 5. The standard InChI is InChI=1S/C28H32FN5O4/c1-4-5-14-38-22-12-8-20(9-13-22)16-30-25(35)23-15-24-26(36)33(3)28(2,18-34(24)32-23)27(37)31-17-19-6-10-21(29)11-7-19/h6-13,15H,4-5,14,16-18H2,1-3H3,(H,30,35)(H,31,37)/t28-/m0/s1. The molecule has 4 rings (SSSR count). The van der Waals surface area contributed by atoms with Crippen LogP contribution in [0.4, 0.5) is 4.39 Å². The summed E-state index contributed by atoms with van der Waals surface area (Å²) in [4.78, 5) is 40.4. The van der Waals surface area contributed by atoms with E-state index >= 15 is 0 Å². The van der Waals surface area contributed by atoms with Crippen molar-refractivity contribution in [3.8, 4) is 5.75 Å². The van der Waals surface area contributed by atoms with Crippen LogP contribution in [-0.4, -0.2) is 51.6 Å². The number of rotatable bonds is 10. The molecule has 0 bridgehead atoms. The van der Waals surface area contributed by atoms with E-state index in [9.17, 15) is 18.8 Å². The second-order valence-corrected chi connectivity index (χ2v) is 9.55. The minimum atomic E-state index is -1.23. The molecule has 2 N–H and O–H groups in total. The smallest absolute Gasteiger partial charge is 0.272 e.